The van der Waals surface area contributed by atoms with Crippen molar-refractivity contribution in [1.29, 1.82) is 0 Å². The van der Waals surface area contributed by atoms with Crippen LogP contribution in [0.15, 0.2) is 12.1 Å². The molecule has 1 N–H and O–H groups in total. The van der Waals surface area contributed by atoms with Gasteiger partial charge in [0, 0.05) is 24.2 Å². The van der Waals surface area contributed by atoms with E-state index >= 15 is 0 Å². The normalized spacial score (nSPS) is 13.5. The largest absolute Gasteiger partial charge is 0.493 e. The van der Waals surface area contributed by atoms with Crippen LogP contribution < -0.4 is 10.1 Å². The predicted molar refractivity (Wildman–Crippen MR) is 68.8 cm³/mol. The SMILES string of the molecule is COc1c(F)cc(F)cc1[C@H](C)NCC(C)(C)C. The van der Waals surface area contributed by atoms with E-state index in [0.29, 0.717) is 5.56 Å². The second kappa shape index (κ2) is 5.65. The van der Waals surface area contributed by atoms with E-state index < -0.39 is 11.6 Å². The maximum atomic E-state index is 13.6. The summed E-state index contributed by atoms with van der Waals surface area (Å²) in [6.07, 6.45) is 0. The zero-order chi connectivity index (χ0) is 13.9. The molecular formula is C14H21F2NO. The number of benzene rings is 1. The summed E-state index contributed by atoms with van der Waals surface area (Å²) in [6.45, 7) is 8.89. The standard InChI is InChI=1S/C14H21F2NO/c1-9(17-8-14(2,3)4)11-6-10(15)7-12(16)13(11)18-5/h6-7,9,17H,8H2,1-5H3/t9-/m0/s1. The van der Waals surface area contributed by atoms with Crippen LogP contribution in [0.1, 0.15) is 39.3 Å². The fourth-order valence-electron chi connectivity index (χ4n) is 1.69. The van der Waals surface area contributed by atoms with Gasteiger partial charge in [0.15, 0.2) is 11.6 Å². The van der Waals surface area contributed by atoms with Crippen molar-refractivity contribution < 1.29 is 13.5 Å². The van der Waals surface area contributed by atoms with E-state index in [1.54, 1.807) is 0 Å². The first kappa shape index (κ1) is 14.9. The van der Waals surface area contributed by atoms with Gasteiger partial charge in [-0.15, -0.1) is 0 Å². The number of hydrogen-bond donors (Lipinski definition) is 1. The molecule has 0 radical (unpaired) electrons. The third-order valence-corrected chi connectivity index (χ3v) is 2.65. The Balaban J connectivity index is 2.94. The number of rotatable bonds is 4. The molecule has 1 aromatic rings. The van der Waals surface area contributed by atoms with Gasteiger partial charge in [-0.2, -0.15) is 0 Å². The van der Waals surface area contributed by atoms with Gasteiger partial charge in [0.2, 0.25) is 0 Å². The van der Waals surface area contributed by atoms with E-state index in [0.717, 1.165) is 12.6 Å². The van der Waals surface area contributed by atoms with Crippen molar-refractivity contribution in [2.24, 2.45) is 5.41 Å². The first-order valence-corrected chi connectivity index (χ1v) is 6.01. The number of halogens is 2. The molecule has 1 rings (SSSR count). The van der Waals surface area contributed by atoms with Crippen molar-refractivity contribution in [3.63, 3.8) is 0 Å². The van der Waals surface area contributed by atoms with Crippen molar-refractivity contribution in [2.45, 2.75) is 33.7 Å². The maximum absolute atomic E-state index is 13.6. The van der Waals surface area contributed by atoms with Gasteiger partial charge in [0.25, 0.3) is 0 Å². The summed E-state index contributed by atoms with van der Waals surface area (Å²) in [4.78, 5) is 0. The molecule has 0 aliphatic carbocycles. The van der Waals surface area contributed by atoms with Gasteiger partial charge in [-0.3, -0.25) is 0 Å². The van der Waals surface area contributed by atoms with Crippen LogP contribution in [0.3, 0.4) is 0 Å². The lowest BCUT2D eigenvalue weighted by Gasteiger charge is -2.24. The molecular weight excluding hydrogens is 236 g/mol. The van der Waals surface area contributed by atoms with E-state index in [2.05, 4.69) is 26.1 Å². The molecule has 0 heterocycles. The van der Waals surface area contributed by atoms with Crippen molar-refractivity contribution >= 4 is 0 Å². The zero-order valence-electron chi connectivity index (χ0n) is 11.6. The molecule has 0 amide bonds. The summed E-state index contributed by atoms with van der Waals surface area (Å²) in [6, 6.07) is 1.96. The van der Waals surface area contributed by atoms with Crippen molar-refractivity contribution in [3.8, 4) is 5.75 Å². The molecule has 102 valence electrons. The van der Waals surface area contributed by atoms with Gasteiger partial charge in [0.05, 0.1) is 7.11 Å². The van der Waals surface area contributed by atoms with Gasteiger partial charge in [-0.25, -0.2) is 8.78 Å². The summed E-state index contributed by atoms with van der Waals surface area (Å²) < 4.78 is 31.8. The molecule has 0 spiro atoms. The minimum atomic E-state index is -0.670. The van der Waals surface area contributed by atoms with Crippen LogP contribution in [0, 0.1) is 17.0 Å². The van der Waals surface area contributed by atoms with Crippen molar-refractivity contribution in [1.82, 2.24) is 5.32 Å². The van der Waals surface area contributed by atoms with Gasteiger partial charge in [0.1, 0.15) is 5.82 Å². The smallest absolute Gasteiger partial charge is 0.168 e. The second-order valence-electron chi connectivity index (χ2n) is 5.67. The Labute approximate surface area is 107 Å². The summed E-state index contributed by atoms with van der Waals surface area (Å²) in [5.74, 6) is -1.16. The third-order valence-electron chi connectivity index (χ3n) is 2.65. The highest BCUT2D eigenvalue weighted by Crippen LogP contribution is 2.29. The molecule has 0 aliphatic rings. The molecule has 1 atom stereocenters. The molecule has 4 heteroatoms. The number of nitrogens with one attached hydrogen (secondary N) is 1. The van der Waals surface area contributed by atoms with Crippen LogP contribution in [-0.2, 0) is 0 Å². The van der Waals surface area contributed by atoms with Gasteiger partial charge in [-0.1, -0.05) is 20.8 Å². The highest BCUT2D eigenvalue weighted by atomic mass is 19.1. The zero-order valence-corrected chi connectivity index (χ0v) is 11.6. The van der Waals surface area contributed by atoms with Crippen LogP contribution in [0.25, 0.3) is 0 Å². The average Bonchev–Trinajstić information content (AvgIpc) is 2.24. The topological polar surface area (TPSA) is 21.3 Å². The Morgan fingerprint density at radius 1 is 1.28 bits per heavy atom. The van der Waals surface area contributed by atoms with E-state index in [1.165, 1.54) is 13.2 Å². The fraction of sp³-hybridized carbons (Fsp3) is 0.571. The highest BCUT2D eigenvalue weighted by molar-refractivity contribution is 5.37. The number of hydrogen-bond acceptors (Lipinski definition) is 2. The lowest BCUT2D eigenvalue weighted by atomic mass is 9.96. The first-order valence-electron chi connectivity index (χ1n) is 6.01. The average molecular weight is 257 g/mol. The van der Waals surface area contributed by atoms with E-state index in [1.807, 2.05) is 6.92 Å². The summed E-state index contributed by atoms with van der Waals surface area (Å²) in [5.41, 5.74) is 0.604. The maximum Gasteiger partial charge on any atom is 0.168 e. The van der Waals surface area contributed by atoms with Crippen LogP contribution >= 0.6 is 0 Å². The predicted octanol–water partition coefficient (Wildman–Crippen LogP) is 3.67. The molecule has 2 nitrogen and oxygen atoms in total. The number of ether oxygens (including phenoxy) is 1. The van der Waals surface area contributed by atoms with E-state index in [9.17, 15) is 8.78 Å². The summed E-state index contributed by atoms with van der Waals surface area (Å²) in [5, 5.41) is 3.25. The molecule has 18 heavy (non-hydrogen) atoms. The van der Waals surface area contributed by atoms with Crippen LogP contribution in [0.2, 0.25) is 0 Å². The Morgan fingerprint density at radius 2 is 1.89 bits per heavy atom. The highest BCUT2D eigenvalue weighted by Gasteiger charge is 2.19. The summed E-state index contributed by atoms with van der Waals surface area (Å²) in [7, 11) is 1.39. The van der Waals surface area contributed by atoms with E-state index in [-0.39, 0.29) is 17.2 Å². The van der Waals surface area contributed by atoms with Gasteiger partial charge < -0.3 is 10.1 Å². The monoisotopic (exact) mass is 257 g/mol. The van der Waals surface area contributed by atoms with Crippen molar-refractivity contribution in [2.75, 3.05) is 13.7 Å². The van der Waals surface area contributed by atoms with Crippen LogP contribution in [-0.4, -0.2) is 13.7 Å². The fourth-order valence-corrected chi connectivity index (χ4v) is 1.69. The number of methoxy groups -OCH3 is 1. The minimum Gasteiger partial charge on any atom is -0.493 e. The van der Waals surface area contributed by atoms with Crippen LogP contribution in [0.5, 0.6) is 5.75 Å². The summed E-state index contributed by atoms with van der Waals surface area (Å²) >= 11 is 0. The molecule has 0 bridgehead atoms. The molecule has 0 saturated carbocycles. The Kier molecular flexibility index (Phi) is 4.68. The lowest BCUT2D eigenvalue weighted by Crippen LogP contribution is -2.29. The Morgan fingerprint density at radius 3 is 2.39 bits per heavy atom. The quantitative estimate of drug-likeness (QED) is 0.888. The van der Waals surface area contributed by atoms with E-state index in [4.69, 9.17) is 4.74 Å². The second-order valence-corrected chi connectivity index (χ2v) is 5.67. The molecule has 0 saturated heterocycles. The Bertz CT molecular complexity index is 413. The first-order chi connectivity index (χ1) is 8.24. The molecule has 0 aromatic heterocycles. The molecule has 1 aromatic carbocycles. The minimum absolute atomic E-state index is 0.102. The lowest BCUT2D eigenvalue weighted by molar-refractivity contribution is 0.344. The third kappa shape index (κ3) is 3.95. The molecule has 0 aliphatic heterocycles. The molecule has 0 unspecified atom stereocenters. The molecule has 0 fully saturated rings. The Hall–Kier alpha value is -1.16. The van der Waals surface area contributed by atoms with Crippen molar-refractivity contribution in [3.05, 3.63) is 29.3 Å². The van der Waals surface area contributed by atoms with Gasteiger partial charge in [-0.05, 0) is 18.4 Å². The van der Waals surface area contributed by atoms with Gasteiger partial charge >= 0.3 is 0 Å². The van der Waals surface area contributed by atoms with Crippen LogP contribution in [0.4, 0.5) is 8.78 Å².